The zero-order valence-electron chi connectivity index (χ0n) is 60.5. The molecule has 0 aliphatic carbocycles. The third kappa shape index (κ3) is 78.2. The average Bonchev–Trinajstić information content (AvgIpc) is 3.75. The molecule has 526 valence electrons. The molecule has 0 bridgehead atoms. The van der Waals surface area contributed by atoms with Gasteiger partial charge in [-0.25, -0.2) is 0 Å². The average molecular weight is 1270 g/mol. The van der Waals surface area contributed by atoms with E-state index in [4.69, 9.17) is 9.47 Å². The molecule has 1 N–H and O–H groups in total. The minimum Gasteiger partial charge on any atom is -0.462 e. The van der Waals surface area contributed by atoms with Crippen LogP contribution in [-0.4, -0.2) is 36.4 Å². The molecule has 0 amide bonds. The first kappa shape index (κ1) is 87.8. The Morgan fingerprint density at radius 1 is 0.250 bits per heavy atom. The molecule has 0 heterocycles. The number of rotatable bonds is 72. The van der Waals surface area contributed by atoms with E-state index in [0.29, 0.717) is 12.8 Å². The molecule has 0 aromatic heterocycles. The molecule has 1 unspecified atom stereocenters. The molecule has 5 heteroatoms. The predicted octanol–water partition coefficient (Wildman–Crippen LogP) is 28.0. The SMILES string of the molecule is CC/C=C\C/C=C\C/C=C\C/C=C\C/C=C\C/C=C\C/C=C\CCCCCCCCCCCCCCCCCCCC(=O)OC(CO)COC(=O)CCCCCCCCCCCCCCCCCCCCCCCCC/C=C\C/C=C\C/C=C\C/C=C\C/C=C\CC. The van der Waals surface area contributed by atoms with Crippen LogP contribution in [0.5, 0.6) is 0 Å². The van der Waals surface area contributed by atoms with Crippen molar-refractivity contribution >= 4 is 11.9 Å². The van der Waals surface area contributed by atoms with Crippen LogP contribution in [0, 0.1) is 0 Å². The molecule has 0 rings (SSSR count). The van der Waals surface area contributed by atoms with Crippen LogP contribution in [0.2, 0.25) is 0 Å². The van der Waals surface area contributed by atoms with Gasteiger partial charge < -0.3 is 14.6 Å². The molecule has 5 nitrogen and oxygen atoms in total. The zero-order chi connectivity index (χ0) is 66.1. The Labute approximate surface area is 571 Å². The van der Waals surface area contributed by atoms with E-state index in [1.807, 2.05) is 0 Å². The Hall–Kier alpha value is -4.22. The predicted molar refractivity (Wildman–Crippen MR) is 408 cm³/mol. The minimum atomic E-state index is -0.778. The fraction of sp³-hybridized carbons (Fsp3) is 0.701. The zero-order valence-corrected chi connectivity index (χ0v) is 60.5. The summed E-state index contributed by atoms with van der Waals surface area (Å²) in [5.41, 5.74) is 0. The van der Waals surface area contributed by atoms with E-state index in [9.17, 15) is 14.7 Å². The topological polar surface area (TPSA) is 72.8 Å². The third-order valence-corrected chi connectivity index (χ3v) is 17.1. The number of aliphatic hydroxyl groups is 1. The molecule has 1 atom stereocenters. The minimum absolute atomic E-state index is 0.0660. The Morgan fingerprint density at radius 3 is 0.652 bits per heavy atom. The molecular formula is C87H148O5. The summed E-state index contributed by atoms with van der Waals surface area (Å²) >= 11 is 0. The molecule has 92 heavy (non-hydrogen) atoms. The van der Waals surface area contributed by atoms with E-state index < -0.39 is 6.10 Å². The van der Waals surface area contributed by atoms with Crippen LogP contribution in [-0.2, 0) is 19.1 Å². The second-order valence-corrected chi connectivity index (χ2v) is 26.0. The van der Waals surface area contributed by atoms with Crippen LogP contribution < -0.4 is 0 Å². The number of aliphatic hydroxyl groups excluding tert-OH is 1. The lowest BCUT2D eigenvalue weighted by molar-refractivity contribution is -0.161. The van der Waals surface area contributed by atoms with Crippen molar-refractivity contribution in [3.63, 3.8) is 0 Å². The van der Waals surface area contributed by atoms with Crippen LogP contribution in [0.25, 0.3) is 0 Å². The second-order valence-electron chi connectivity index (χ2n) is 26.0. The van der Waals surface area contributed by atoms with E-state index in [2.05, 4.69) is 160 Å². The summed E-state index contributed by atoms with van der Waals surface area (Å²) in [4.78, 5) is 24.7. The number of unbranched alkanes of at least 4 members (excludes halogenated alkanes) is 40. The van der Waals surface area contributed by atoms with Crippen molar-refractivity contribution in [1.82, 2.24) is 0 Å². The summed E-state index contributed by atoms with van der Waals surface area (Å²) < 4.78 is 10.8. The monoisotopic (exact) mass is 1270 g/mol. The van der Waals surface area contributed by atoms with Crippen molar-refractivity contribution in [2.24, 2.45) is 0 Å². The van der Waals surface area contributed by atoms with Crippen molar-refractivity contribution in [3.05, 3.63) is 146 Å². The molecule has 0 aromatic carbocycles. The molecule has 0 aliphatic rings. The van der Waals surface area contributed by atoms with Crippen LogP contribution in [0.3, 0.4) is 0 Å². The highest BCUT2D eigenvalue weighted by Gasteiger charge is 2.16. The first-order chi connectivity index (χ1) is 45.6. The molecule has 0 saturated heterocycles. The summed E-state index contributed by atoms with van der Waals surface area (Å²) in [5.74, 6) is -0.577. The van der Waals surface area contributed by atoms with Gasteiger partial charge in [0.05, 0.1) is 6.61 Å². The van der Waals surface area contributed by atoms with Gasteiger partial charge in [-0.15, -0.1) is 0 Å². The summed E-state index contributed by atoms with van der Waals surface area (Å²) in [5, 5.41) is 9.73. The first-order valence-electron chi connectivity index (χ1n) is 39.4. The Morgan fingerprint density at radius 2 is 0.435 bits per heavy atom. The number of carbonyl (C=O) groups excluding carboxylic acids is 2. The summed E-state index contributed by atoms with van der Waals surface area (Å²) in [7, 11) is 0. The standard InChI is InChI=1S/C87H148O5/c1-3-5-7-9-11-13-15-17-19-21-23-25-27-29-31-33-35-37-39-41-43-45-47-49-51-53-55-57-59-61-63-65-67-69-71-73-75-77-79-81-86(89)91-84-85(83-88)92-87(90)82-80-78-76-74-72-70-68-66-64-62-60-58-56-54-52-50-48-46-44-42-40-38-36-34-32-30-28-26-24-22-20-18-16-14-12-10-8-6-4-2/h5-8,11-14,17-20,23-26,29-32,36,38,42,44,85,88H,3-4,9-10,15-16,21-22,27-28,33-35,37,39-41,43,45-84H2,1-2H3/b7-5-,8-6-,13-11-,14-12-,19-17-,20-18-,25-23-,26-24-,31-29-,32-30-,38-36-,44-42-. The van der Waals surface area contributed by atoms with Gasteiger partial charge in [0.2, 0.25) is 0 Å². The number of hydrogen-bond acceptors (Lipinski definition) is 5. The molecule has 0 aliphatic heterocycles. The number of carbonyl (C=O) groups is 2. The van der Waals surface area contributed by atoms with Gasteiger partial charge in [-0.1, -0.05) is 391 Å². The van der Waals surface area contributed by atoms with Crippen molar-refractivity contribution in [2.45, 2.75) is 380 Å². The maximum atomic E-state index is 12.4. The van der Waals surface area contributed by atoms with E-state index in [-0.39, 0.29) is 25.2 Å². The summed E-state index contributed by atoms with van der Waals surface area (Å²) in [6, 6.07) is 0. The lowest BCUT2D eigenvalue weighted by Gasteiger charge is -2.15. The van der Waals surface area contributed by atoms with E-state index >= 15 is 0 Å². The van der Waals surface area contributed by atoms with Gasteiger partial charge in [0.1, 0.15) is 6.61 Å². The lowest BCUT2D eigenvalue weighted by atomic mass is 10.0. The van der Waals surface area contributed by atoms with Gasteiger partial charge in [-0.3, -0.25) is 9.59 Å². The largest absolute Gasteiger partial charge is 0.462 e. The van der Waals surface area contributed by atoms with Gasteiger partial charge in [0.25, 0.3) is 0 Å². The molecule has 0 spiro atoms. The van der Waals surface area contributed by atoms with E-state index in [1.54, 1.807) is 0 Å². The van der Waals surface area contributed by atoms with Gasteiger partial charge in [0, 0.05) is 12.8 Å². The molecule has 0 fully saturated rings. The van der Waals surface area contributed by atoms with Gasteiger partial charge in [-0.05, 0) is 116 Å². The first-order valence-corrected chi connectivity index (χ1v) is 39.4. The highest BCUT2D eigenvalue weighted by molar-refractivity contribution is 5.70. The smallest absolute Gasteiger partial charge is 0.306 e. The van der Waals surface area contributed by atoms with Crippen molar-refractivity contribution in [1.29, 1.82) is 0 Å². The summed E-state index contributed by atoms with van der Waals surface area (Å²) in [6.07, 6.45) is 122. The highest BCUT2D eigenvalue weighted by atomic mass is 16.6. The number of allylic oxidation sites excluding steroid dienone is 24. The quantitative estimate of drug-likeness (QED) is 0.0373. The fourth-order valence-electron chi connectivity index (χ4n) is 11.3. The van der Waals surface area contributed by atoms with Crippen LogP contribution in [0.4, 0.5) is 0 Å². The fourth-order valence-corrected chi connectivity index (χ4v) is 11.3. The number of esters is 2. The Bertz CT molecular complexity index is 1880. The highest BCUT2D eigenvalue weighted by Crippen LogP contribution is 2.19. The molecule has 0 saturated carbocycles. The third-order valence-electron chi connectivity index (χ3n) is 17.1. The molecule has 0 aromatic rings. The number of hydrogen-bond donors (Lipinski definition) is 1. The van der Waals surface area contributed by atoms with Crippen molar-refractivity contribution < 1.29 is 24.2 Å². The summed E-state index contributed by atoms with van der Waals surface area (Å²) in [6.45, 7) is 3.95. The van der Waals surface area contributed by atoms with Crippen molar-refractivity contribution in [2.75, 3.05) is 13.2 Å². The van der Waals surface area contributed by atoms with E-state index in [0.717, 1.165) is 116 Å². The van der Waals surface area contributed by atoms with Crippen LogP contribution >= 0.6 is 0 Å². The van der Waals surface area contributed by atoms with Gasteiger partial charge >= 0.3 is 11.9 Å². The van der Waals surface area contributed by atoms with Crippen molar-refractivity contribution in [3.8, 4) is 0 Å². The maximum absolute atomic E-state index is 12.4. The van der Waals surface area contributed by atoms with Gasteiger partial charge in [0.15, 0.2) is 6.10 Å². The number of ether oxygens (including phenoxy) is 2. The molecular weight excluding hydrogens is 1120 g/mol. The van der Waals surface area contributed by atoms with E-state index in [1.165, 1.54) is 231 Å². The Kier molecular flexibility index (Phi) is 77.3. The van der Waals surface area contributed by atoms with Gasteiger partial charge in [-0.2, -0.15) is 0 Å². The maximum Gasteiger partial charge on any atom is 0.306 e. The van der Waals surface area contributed by atoms with Crippen LogP contribution in [0.1, 0.15) is 373 Å². The second kappa shape index (κ2) is 81.0. The lowest BCUT2D eigenvalue weighted by Crippen LogP contribution is -2.28. The van der Waals surface area contributed by atoms with Crippen LogP contribution in [0.15, 0.2) is 146 Å². The Balaban J connectivity index is 3.44. The normalized spacial score (nSPS) is 13.0. The molecule has 0 radical (unpaired) electrons.